The van der Waals surface area contributed by atoms with Crippen LogP contribution in [0.25, 0.3) is 0 Å². The number of nitrogens with one attached hydrogen (secondary N) is 1. The predicted molar refractivity (Wildman–Crippen MR) is 65.1 cm³/mol. The highest BCUT2D eigenvalue weighted by Gasteiger charge is 1.98. The topological polar surface area (TPSA) is 51.2 Å². The third kappa shape index (κ3) is 3.02. The van der Waals surface area contributed by atoms with E-state index in [2.05, 4.69) is 5.32 Å². The van der Waals surface area contributed by atoms with E-state index >= 15 is 0 Å². The molecule has 4 heteroatoms. The van der Waals surface area contributed by atoms with E-state index in [1.54, 1.807) is 18.6 Å². The number of anilines is 1. The van der Waals surface area contributed by atoms with Crippen LogP contribution in [-0.4, -0.2) is 0 Å². The van der Waals surface area contributed by atoms with Crippen molar-refractivity contribution in [2.75, 3.05) is 5.73 Å². The molecule has 2 rings (SSSR count). The van der Waals surface area contributed by atoms with Crippen LogP contribution in [0.2, 0.25) is 5.02 Å². The molecular weight excluding hydrogens is 224 g/mol. The number of hydrogen-bond acceptors (Lipinski definition) is 3. The fraction of sp³-hybridized carbons (Fsp3) is 0.167. The van der Waals surface area contributed by atoms with E-state index in [4.69, 9.17) is 21.8 Å². The Morgan fingerprint density at radius 3 is 2.69 bits per heavy atom. The second-order valence-electron chi connectivity index (χ2n) is 3.63. The van der Waals surface area contributed by atoms with Gasteiger partial charge in [-0.05, 0) is 29.8 Å². The van der Waals surface area contributed by atoms with Gasteiger partial charge in [-0.3, -0.25) is 0 Å². The van der Waals surface area contributed by atoms with Crippen LogP contribution in [0.5, 0.6) is 0 Å². The monoisotopic (exact) mass is 236 g/mol. The third-order valence-electron chi connectivity index (χ3n) is 2.22. The average Bonchev–Trinajstić information content (AvgIpc) is 2.69. The van der Waals surface area contributed by atoms with E-state index < -0.39 is 0 Å². The molecule has 0 saturated heterocycles. The molecule has 3 nitrogen and oxygen atoms in total. The number of rotatable bonds is 4. The van der Waals surface area contributed by atoms with Gasteiger partial charge in [-0.25, -0.2) is 0 Å². The standard InChI is InChI=1S/C12H13ClN2O/c13-11-3-10(4-12(14)5-11)7-15-6-9-1-2-16-8-9/h1-5,8,15H,6-7,14H2. The first-order chi connectivity index (χ1) is 7.74. The predicted octanol–water partition coefficient (Wildman–Crippen LogP) is 2.81. The highest BCUT2D eigenvalue weighted by atomic mass is 35.5. The molecule has 0 fully saturated rings. The maximum Gasteiger partial charge on any atom is 0.0947 e. The summed E-state index contributed by atoms with van der Waals surface area (Å²) in [5.74, 6) is 0. The van der Waals surface area contributed by atoms with Crippen molar-refractivity contribution in [1.29, 1.82) is 0 Å². The number of hydrogen-bond donors (Lipinski definition) is 2. The lowest BCUT2D eigenvalue weighted by Crippen LogP contribution is -2.12. The molecular formula is C12H13ClN2O. The van der Waals surface area contributed by atoms with Gasteiger partial charge in [-0.1, -0.05) is 11.6 Å². The molecule has 0 atom stereocenters. The SMILES string of the molecule is Nc1cc(Cl)cc(CNCc2ccoc2)c1. The summed E-state index contributed by atoms with van der Waals surface area (Å²) in [5.41, 5.74) is 8.58. The Hall–Kier alpha value is -1.45. The van der Waals surface area contributed by atoms with Gasteiger partial charge in [0.15, 0.2) is 0 Å². The van der Waals surface area contributed by atoms with Gasteiger partial charge in [0.2, 0.25) is 0 Å². The first-order valence-electron chi connectivity index (χ1n) is 5.01. The quantitative estimate of drug-likeness (QED) is 0.803. The minimum Gasteiger partial charge on any atom is -0.472 e. The van der Waals surface area contributed by atoms with E-state index in [1.165, 1.54) is 0 Å². The molecule has 2 aromatic rings. The molecule has 16 heavy (non-hydrogen) atoms. The lowest BCUT2D eigenvalue weighted by molar-refractivity contribution is 0.560. The van der Waals surface area contributed by atoms with Crippen LogP contribution in [0.15, 0.2) is 41.2 Å². The Kier molecular flexibility index (Phi) is 3.49. The molecule has 1 aromatic carbocycles. The zero-order valence-electron chi connectivity index (χ0n) is 8.74. The second kappa shape index (κ2) is 5.05. The summed E-state index contributed by atoms with van der Waals surface area (Å²) < 4.78 is 4.97. The minimum absolute atomic E-state index is 0.667. The van der Waals surface area contributed by atoms with Gasteiger partial charge in [0.05, 0.1) is 12.5 Å². The van der Waals surface area contributed by atoms with E-state index in [0.29, 0.717) is 10.7 Å². The number of halogens is 1. The molecule has 1 aromatic heterocycles. The van der Waals surface area contributed by atoms with Gasteiger partial charge in [0.25, 0.3) is 0 Å². The summed E-state index contributed by atoms with van der Waals surface area (Å²) in [6, 6.07) is 7.48. The van der Waals surface area contributed by atoms with E-state index in [1.807, 2.05) is 18.2 Å². The summed E-state index contributed by atoms with van der Waals surface area (Å²) in [7, 11) is 0. The Balaban J connectivity index is 1.89. The van der Waals surface area contributed by atoms with E-state index in [9.17, 15) is 0 Å². The molecule has 84 valence electrons. The first-order valence-corrected chi connectivity index (χ1v) is 5.38. The summed E-state index contributed by atoms with van der Waals surface area (Å²) in [4.78, 5) is 0. The Labute approximate surface area is 99.2 Å². The highest BCUT2D eigenvalue weighted by molar-refractivity contribution is 6.30. The minimum atomic E-state index is 0.667. The number of nitrogen functional groups attached to an aromatic ring is 1. The van der Waals surface area contributed by atoms with Gasteiger partial charge >= 0.3 is 0 Å². The zero-order chi connectivity index (χ0) is 11.4. The van der Waals surface area contributed by atoms with Crippen molar-refractivity contribution in [1.82, 2.24) is 5.32 Å². The fourth-order valence-corrected chi connectivity index (χ4v) is 1.79. The molecule has 0 amide bonds. The van der Waals surface area contributed by atoms with Crippen LogP contribution < -0.4 is 11.1 Å². The maximum atomic E-state index is 5.91. The molecule has 0 aliphatic heterocycles. The number of benzene rings is 1. The third-order valence-corrected chi connectivity index (χ3v) is 2.44. The van der Waals surface area contributed by atoms with Gasteiger partial charge in [0.1, 0.15) is 0 Å². The fourth-order valence-electron chi connectivity index (χ4n) is 1.52. The van der Waals surface area contributed by atoms with Crippen molar-refractivity contribution < 1.29 is 4.42 Å². The van der Waals surface area contributed by atoms with E-state index in [0.717, 1.165) is 24.2 Å². The molecule has 0 aliphatic rings. The number of nitrogens with two attached hydrogens (primary N) is 1. The van der Waals surface area contributed by atoms with Crippen LogP contribution >= 0.6 is 11.6 Å². The summed E-state index contributed by atoms with van der Waals surface area (Å²) in [6.07, 6.45) is 3.38. The van der Waals surface area contributed by atoms with Crippen molar-refractivity contribution in [2.45, 2.75) is 13.1 Å². The molecule has 0 spiro atoms. The molecule has 0 unspecified atom stereocenters. The van der Waals surface area contributed by atoms with Gasteiger partial charge in [0, 0.05) is 29.4 Å². The van der Waals surface area contributed by atoms with Gasteiger partial charge in [-0.2, -0.15) is 0 Å². The van der Waals surface area contributed by atoms with Crippen LogP contribution in [0.3, 0.4) is 0 Å². The van der Waals surface area contributed by atoms with Crippen LogP contribution in [-0.2, 0) is 13.1 Å². The number of furan rings is 1. The average molecular weight is 237 g/mol. The lowest BCUT2D eigenvalue weighted by Gasteiger charge is -2.05. The van der Waals surface area contributed by atoms with Crippen molar-refractivity contribution in [3.05, 3.63) is 52.9 Å². The van der Waals surface area contributed by atoms with Crippen molar-refractivity contribution in [3.8, 4) is 0 Å². The molecule has 0 saturated carbocycles. The maximum absolute atomic E-state index is 5.91. The Morgan fingerprint density at radius 1 is 1.19 bits per heavy atom. The van der Waals surface area contributed by atoms with Crippen molar-refractivity contribution in [3.63, 3.8) is 0 Å². The largest absolute Gasteiger partial charge is 0.472 e. The summed E-state index contributed by atoms with van der Waals surface area (Å²) in [5, 5.41) is 3.95. The van der Waals surface area contributed by atoms with Crippen LogP contribution in [0.4, 0.5) is 5.69 Å². The van der Waals surface area contributed by atoms with E-state index in [-0.39, 0.29) is 0 Å². The molecule has 0 bridgehead atoms. The van der Waals surface area contributed by atoms with Crippen molar-refractivity contribution >= 4 is 17.3 Å². The lowest BCUT2D eigenvalue weighted by atomic mass is 10.2. The first kappa shape index (κ1) is 11.0. The van der Waals surface area contributed by atoms with Crippen LogP contribution in [0.1, 0.15) is 11.1 Å². The van der Waals surface area contributed by atoms with Gasteiger partial charge < -0.3 is 15.5 Å². The normalized spacial score (nSPS) is 10.6. The molecule has 0 radical (unpaired) electrons. The smallest absolute Gasteiger partial charge is 0.0947 e. The van der Waals surface area contributed by atoms with Crippen LogP contribution in [0, 0.1) is 0 Å². The van der Waals surface area contributed by atoms with Crippen molar-refractivity contribution in [2.24, 2.45) is 0 Å². The van der Waals surface area contributed by atoms with Gasteiger partial charge in [-0.15, -0.1) is 0 Å². The second-order valence-corrected chi connectivity index (χ2v) is 4.06. The molecule has 3 N–H and O–H groups in total. The highest BCUT2D eigenvalue weighted by Crippen LogP contribution is 2.16. The zero-order valence-corrected chi connectivity index (χ0v) is 9.50. The molecule has 0 aliphatic carbocycles. The Bertz CT molecular complexity index is 434. The molecule has 1 heterocycles. The summed E-state index contributed by atoms with van der Waals surface area (Å²) in [6.45, 7) is 1.50. The summed E-state index contributed by atoms with van der Waals surface area (Å²) >= 11 is 5.91. The Morgan fingerprint density at radius 2 is 2.00 bits per heavy atom.